The molecule has 1 aromatic rings. The summed E-state index contributed by atoms with van der Waals surface area (Å²) < 4.78 is 10.8. The van der Waals surface area contributed by atoms with E-state index in [1.54, 1.807) is 7.11 Å². The molecule has 1 aromatic carbocycles. The van der Waals surface area contributed by atoms with Gasteiger partial charge in [-0.05, 0) is 36.5 Å². The van der Waals surface area contributed by atoms with E-state index >= 15 is 0 Å². The molecule has 0 aromatic heterocycles. The van der Waals surface area contributed by atoms with Gasteiger partial charge in [-0.3, -0.25) is 9.59 Å². The topological polar surface area (TPSA) is 55.8 Å². The summed E-state index contributed by atoms with van der Waals surface area (Å²) in [6.07, 6.45) is 3.47. The quantitative estimate of drug-likeness (QED) is 0.780. The van der Waals surface area contributed by atoms with E-state index in [0.717, 1.165) is 24.8 Å². The van der Waals surface area contributed by atoms with E-state index in [2.05, 4.69) is 12.1 Å². The highest BCUT2D eigenvalue weighted by molar-refractivity contribution is 5.79. The van der Waals surface area contributed by atoms with Crippen molar-refractivity contribution in [2.24, 2.45) is 0 Å². The number of benzene rings is 1. The zero-order valence-corrected chi connectivity index (χ0v) is 13.4. The second kappa shape index (κ2) is 7.23. The van der Waals surface area contributed by atoms with Gasteiger partial charge in [0.15, 0.2) is 12.5 Å². The van der Waals surface area contributed by atoms with Crippen LogP contribution in [0.25, 0.3) is 0 Å². The number of anilines is 1. The van der Waals surface area contributed by atoms with Gasteiger partial charge in [-0.2, -0.15) is 0 Å². The van der Waals surface area contributed by atoms with Gasteiger partial charge in [-0.15, -0.1) is 0 Å². The Labute approximate surface area is 136 Å². The number of nitrogens with zero attached hydrogens (tertiary/aromatic N) is 1. The maximum atomic E-state index is 11.4. The maximum absolute atomic E-state index is 11.4. The van der Waals surface area contributed by atoms with E-state index in [0.29, 0.717) is 37.7 Å². The van der Waals surface area contributed by atoms with Gasteiger partial charge in [0.1, 0.15) is 11.9 Å². The standard InChI is InChI=1S/C18H23NO4/c1-22-12-17-10-19(18(11-20)23-17)15-6-2-13(3-7-15)14-4-8-16(21)9-5-14/h2-3,6-7,11,14,17-18H,4-5,8-10,12H2,1H3/t17-,18?/m1/s1. The first-order chi connectivity index (χ1) is 11.2. The summed E-state index contributed by atoms with van der Waals surface area (Å²) in [7, 11) is 1.63. The molecule has 1 saturated carbocycles. The molecule has 1 heterocycles. The number of hydrogen-bond acceptors (Lipinski definition) is 5. The lowest BCUT2D eigenvalue weighted by atomic mass is 9.83. The minimum absolute atomic E-state index is 0.0840. The molecule has 5 nitrogen and oxygen atoms in total. The first-order valence-electron chi connectivity index (χ1n) is 8.19. The minimum atomic E-state index is -0.548. The number of ketones is 1. The molecule has 23 heavy (non-hydrogen) atoms. The average molecular weight is 317 g/mol. The predicted molar refractivity (Wildman–Crippen MR) is 86.6 cm³/mol. The second-order valence-electron chi connectivity index (χ2n) is 6.30. The van der Waals surface area contributed by atoms with Gasteiger partial charge >= 0.3 is 0 Å². The lowest BCUT2D eigenvalue weighted by Gasteiger charge is -2.24. The van der Waals surface area contributed by atoms with Crippen molar-refractivity contribution in [3.8, 4) is 0 Å². The summed E-state index contributed by atoms with van der Waals surface area (Å²) in [5.41, 5.74) is 2.26. The maximum Gasteiger partial charge on any atom is 0.187 e. The summed E-state index contributed by atoms with van der Waals surface area (Å²) in [6, 6.07) is 8.31. The number of hydrogen-bond donors (Lipinski definition) is 0. The fourth-order valence-corrected chi connectivity index (χ4v) is 3.48. The molecule has 1 unspecified atom stereocenters. The van der Waals surface area contributed by atoms with Crippen molar-refractivity contribution in [3.05, 3.63) is 29.8 Å². The SMILES string of the molecule is COC[C@H]1CN(c2ccc(C3CCC(=O)CC3)cc2)C(C=O)O1. The average Bonchev–Trinajstić information content (AvgIpc) is 2.99. The van der Waals surface area contributed by atoms with E-state index in [1.165, 1.54) is 5.56 Å². The number of ether oxygens (including phenoxy) is 2. The van der Waals surface area contributed by atoms with Crippen LogP contribution in [-0.4, -0.2) is 44.7 Å². The lowest BCUT2D eigenvalue weighted by molar-refractivity contribution is -0.120. The summed E-state index contributed by atoms with van der Waals surface area (Å²) in [5, 5.41) is 0. The molecular formula is C18H23NO4. The normalized spacial score (nSPS) is 25.8. The number of aldehydes is 1. The fraction of sp³-hybridized carbons (Fsp3) is 0.556. The third-order valence-electron chi connectivity index (χ3n) is 4.75. The van der Waals surface area contributed by atoms with Crippen molar-refractivity contribution in [1.29, 1.82) is 0 Å². The zero-order chi connectivity index (χ0) is 16.2. The number of methoxy groups -OCH3 is 1. The molecule has 1 aliphatic carbocycles. The number of carbonyl (C=O) groups excluding carboxylic acids is 2. The van der Waals surface area contributed by atoms with Gasteiger partial charge in [0.05, 0.1) is 6.61 Å². The summed E-state index contributed by atoms with van der Waals surface area (Å²) in [6.45, 7) is 1.13. The van der Waals surface area contributed by atoms with E-state index in [4.69, 9.17) is 9.47 Å². The van der Waals surface area contributed by atoms with Crippen LogP contribution < -0.4 is 4.90 Å². The Morgan fingerprint density at radius 2 is 1.96 bits per heavy atom. The Morgan fingerprint density at radius 3 is 2.57 bits per heavy atom. The Balaban J connectivity index is 1.69. The number of rotatable bonds is 5. The van der Waals surface area contributed by atoms with Gasteiger partial charge in [-0.25, -0.2) is 0 Å². The van der Waals surface area contributed by atoms with E-state index in [9.17, 15) is 9.59 Å². The van der Waals surface area contributed by atoms with Gasteiger partial charge in [0.2, 0.25) is 0 Å². The van der Waals surface area contributed by atoms with Crippen molar-refractivity contribution in [2.75, 3.05) is 25.2 Å². The van der Waals surface area contributed by atoms with Crippen LogP contribution in [0.4, 0.5) is 5.69 Å². The highest BCUT2D eigenvalue weighted by Gasteiger charge is 2.32. The van der Waals surface area contributed by atoms with Crippen LogP contribution in [-0.2, 0) is 19.1 Å². The molecule has 2 fully saturated rings. The molecule has 0 radical (unpaired) electrons. The molecule has 2 atom stereocenters. The molecule has 0 amide bonds. The number of Topliss-reactive ketones (excluding diaryl/α,β-unsaturated/α-hetero) is 1. The summed E-state index contributed by atoms with van der Waals surface area (Å²) in [4.78, 5) is 24.6. The van der Waals surface area contributed by atoms with Crippen LogP contribution in [0.3, 0.4) is 0 Å². The molecule has 0 spiro atoms. The zero-order valence-electron chi connectivity index (χ0n) is 13.4. The van der Waals surface area contributed by atoms with Crippen molar-refractivity contribution in [3.63, 3.8) is 0 Å². The first-order valence-corrected chi connectivity index (χ1v) is 8.19. The summed E-state index contributed by atoms with van der Waals surface area (Å²) >= 11 is 0. The van der Waals surface area contributed by atoms with Crippen LogP contribution >= 0.6 is 0 Å². The molecule has 1 aliphatic heterocycles. The van der Waals surface area contributed by atoms with Crippen LogP contribution in [0.2, 0.25) is 0 Å². The van der Waals surface area contributed by atoms with Gasteiger partial charge in [0.25, 0.3) is 0 Å². The van der Waals surface area contributed by atoms with Crippen molar-refractivity contribution < 1.29 is 19.1 Å². The van der Waals surface area contributed by atoms with Crippen LogP contribution in [0.5, 0.6) is 0 Å². The molecule has 0 N–H and O–H groups in total. The second-order valence-corrected chi connectivity index (χ2v) is 6.30. The van der Waals surface area contributed by atoms with E-state index in [-0.39, 0.29) is 6.10 Å². The van der Waals surface area contributed by atoms with Gasteiger partial charge in [0, 0.05) is 32.2 Å². The predicted octanol–water partition coefficient (Wildman–Crippen LogP) is 2.29. The monoisotopic (exact) mass is 317 g/mol. The Bertz CT molecular complexity index is 547. The Morgan fingerprint density at radius 1 is 1.26 bits per heavy atom. The highest BCUT2D eigenvalue weighted by Crippen LogP contribution is 2.33. The third-order valence-corrected chi connectivity index (χ3v) is 4.75. The smallest absolute Gasteiger partial charge is 0.187 e. The van der Waals surface area contributed by atoms with Crippen LogP contribution in [0.1, 0.15) is 37.2 Å². The molecule has 5 heteroatoms. The lowest BCUT2D eigenvalue weighted by Crippen LogP contribution is -2.31. The Hall–Kier alpha value is -1.72. The molecule has 1 saturated heterocycles. The molecule has 0 bridgehead atoms. The minimum Gasteiger partial charge on any atom is -0.382 e. The molecular weight excluding hydrogens is 294 g/mol. The van der Waals surface area contributed by atoms with Crippen molar-refractivity contribution >= 4 is 17.8 Å². The Kier molecular flexibility index (Phi) is 5.08. The third kappa shape index (κ3) is 3.62. The van der Waals surface area contributed by atoms with E-state index < -0.39 is 6.23 Å². The van der Waals surface area contributed by atoms with Gasteiger partial charge < -0.3 is 14.4 Å². The largest absolute Gasteiger partial charge is 0.382 e. The van der Waals surface area contributed by atoms with Crippen molar-refractivity contribution in [1.82, 2.24) is 0 Å². The van der Waals surface area contributed by atoms with Crippen LogP contribution in [0.15, 0.2) is 24.3 Å². The number of carbonyl (C=O) groups is 2. The van der Waals surface area contributed by atoms with Gasteiger partial charge in [-0.1, -0.05) is 12.1 Å². The van der Waals surface area contributed by atoms with Crippen LogP contribution in [0, 0.1) is 0 Å². The highest BCUT2D eigenvalue weighted by atomic mass is 16.6. The fourth-order valence-electron chi connectivity index (χ4n) is 3.48. The molecule has 3 rings (SSSR count). The van der Waals surface area contributed by atoms with E-state index in [1.807, 2.05) is 17.0 Å². The van der Waals surface area contributed by atoms with Crippen molar-refractivity contribution in [2.45, 2.75) is 43.9 Å². The summed E-state index contributed by atoms with van der Waals surface area (Å²) in [5.74, 6) is 0.852. The first kappa shape index (κ1) is 16.1. The molecule has 124 valence electrons. The molecule has 2 aliphatic rings.